The van der Waals surface area contributed by atoms with Crippen LogP contribution in [0.4, 0.5) is 10.5 Å². The van der Waals surface area contributed by atoms with Crippen LogP contribution in [0.15, 0.2) is 6.07 Å². The van der Waals surface area contributed by atoms with E-state index in [1.807, 2.05) is 7.05 Å². The highest BCUT2D eigenvalue weighted by atomic mass is 32.2. The third kappa shape index (κ3) is 3.74. The fourth-order valence-electron chi connectivity index (χ4n) is 6.93. The lowest BCUT2D eigenvalue weighted by atomic mass is 9.83. The summed E-state index contributed by atoms with van der Waals surface area (Å²) in [5.41, 5.74) is 5.81. The van der Waals surface area contributed by atoms with Crippen LogP contribution in [0.5, 0.6) is 0 Å². The molecule has 1 unspecified atom stereocenters. The van der Waals surface area contributed by atoms with Crippen molar-refractivity contribution < 1.29 is 13.2 Å². The van der Waals surface area contributed by atoms with Crippen LogP contribution in [-0.2, 0) is 35.7 Å². The van der Waals surface area contributed by atoms with Crippen molar-refractivity contribution >= 4 is 21.7 Å². The molecule has 176 valence electrons. The van der Waals surface area contributed by atoms with E-state index in [1.54, 1.807) is 0 Å². The number of fused-ring (bicyclic) bond motifs is 3. The first-order valence-corrected chi connectivity index (χ1v) is 13.9. The first-order chi connectivity index (χ1) is 15.3. The van der Waals surface area contributed by atoms with Crippen LogP contribution in [0.2, 0.25) is 0 Å². The molecule has 2 amide bonds. The molecule has 2 heterocycles. The highest BCUT2D eigenvalue weighted by molar-refractivity contribution is 7.90. The number of rotatable bonds is 5. The van der Waals surface area contributed by atoms with Gasteiger partial charge in [-0.2, -0.15) is 0 Å². The Morgan fingerprint density at radius 3 is 2.41 bits per heavy atom. The van der Waals surface area contributed by atoms with E-state index in [2.05, 4.69) is 32.8 Å². The third-order valence-corrected chi connectivity index (χ3v) is 9.74. The maximum absolute atomic E-state index is 13.1. The van der Waals surface area contributed by atoms with Crippen molar-refractivity contribution in [1.82, 2.24) is 14.5 Å². The average molecular weight is 461 g/mol. The molecule has 2 saturated heterocycles. The monoisotopic (exact) mass is 460 g/mol. The Hall–Kier alpha value is -1.64. The minimum Gasteiger partial charge on any atom is -0.307 e. The summed E-state index contributed by atoms with van der Waals surface area (Å²) in [6, 6.07) is 1.58. The second kappa shape index (κ2) is 8.29. The molecule has 5 rings (SSSR count). The quantitative estimate of drug-likeness (QED) is 0.706. The van der Waals surface area contributed by atoms with Crippen LogP contribution >= 0.6 is 0 Å². The number of aryl methyl sites for hydroxylation is 2. The Morgan fingerprint density at radius 2 is 1.75 bits per heavy atom. The van der Waals surface area contributed by atoms with Crippen molar-refractivity contribution in [2.24, 2.45) is 0 Å². The van der Waals surface area contributed by atoms with Gasteiger partial charge in [-0.25, -0.2) is 17.9 Å². The zero-order chi connectivity index (χ0) is 22.5. The van der Waals surface area contributed by atoms with Crippen LogP contribution in [-0.4, -0.2) is 68.3 Å². The Kier molecular flexibility index (Phi) is 5.75. The van der Waals surface area contributed by atoms with Gasteiger partial charge in [-0.3, -0.25) is 9.80 Å². The summed E-state index contributed by atoms with van der Waals surface area (Å²) in [5.74, 6) is -0.0493. The lowest BCUT2D eigenvalue weighted by Gasteiger charge is -2.52. The summed E-state index contributed by atoms with van der Waals surface area (Å²) < 4.78 is 28.6. The predicted octanol–water partition coefficient (Wildman–Crippen LogP) is 2.67. The Labute approximate surface area is 192 Å². The highest BCUT2D eigenvalue weighted by Crippen LogP contribution is 2.41. The van der Waals surface area contributed by atoms with E-state index in [0.29, 0.717) is 0 Å². The number of piperazine rings is 1. The number of likely N-dealkylation sites (N-methyl/N-ethyl adjacent to an activating group) is 1. The number of hydrogen-bond acceptors (Lipinski definition) is 5. The van der Waals surface area contributed by atoms with Crippen molar-refractivity contribution in [3.05, 3.63) is 28.3 Å². The Bertz CT molecular complexity index is 992. The van der Waals surface area contributed by atoms with Gasteiger partial charge < -0.3 is 5.32 Å². The number of carbonyl (C=O) groups excluding carboxylic acids is 1. The normalized spacial score (nSPS) is 27.8. The Balaban J connectivity index is 1.33. The summed E-state index contributed by atoms with van der Waals surface area (Å²) in [4.78, 5) is 17.6. The largest absolute Gasteiger partial charge is 0.332 e. The van der Waals surface area contributed by atoms with E-state index in [-0.39, 0.29) is 17.3 Å². The van der Waals surface area contributed by atoms with Crippen LogP contribution in [0, 0.1) is 0 Å². The topological polar surface area (TPSA) is 81.8 Å². The fourth-order valence-corrected chi connectivity index (χ4v) is 8.33. The van der Waals surface area contributed by atoms with E-state index in [0.717, 1.165) is 83.1 Å². The van der Waals surface area contributed by atoms with Gasteiger partial charge in [0.25, 0.3) is 0 Å². The number of urea groups is 1. The maximum Gasteiger partial charge on any atom is 0.332 e. The molecular weight excluding hydrogens is 424 g/mol. The molecule has 0 aromatic heterocycles. The SMILES string of the molecule is CC[C@@]12CCCN1CCN(C)C2CS(=O)(=O)NC(=O)Nc1c2c(cc3c1CCC3)CCC2. The molecule has 0 spiro atoms. The van der Waals surface area contributed by atoms with Gasteiger partial charge >= 0.3 is 6.03 Å². The van der Waals surface area contributed by atoms with Gasteiger partial charge in [-0.1, -0.05) is 13.0 Å². The number of nitrogens with one attached hydrogen (secondary N) is 2. The van der Waals surface area contributed by atoms with Gasteiger partial charge in [0.2, 0.25) is 10.0 Å². The van der Waals surface area contributed by atoms with Crippen molar-refractivity contribution in [2.75, 3.05) is 37.8 Å². The number of benzene rings is 1. The molecule has 0 radical (unpaired) electrons. The summed E-state index contributed by atoms with van der Waals surface area (Å²) in [6.45, 7) is 5.04. The molecule has 0 bridgehead atoms. The molecule has 1 aromatic rings. The number of hydrogen-bond donors (Lipinski definition) is 2. The standard InChI is InChI=1S/C24H36N4O3S/c1-3-24-11-6-12-28(24)14-13-27(2)21(24)16-32(30,31)26-23(29)25-22-19-9-4-7-17(19)15-18-8-5-10-20(18)22/h15,21H,3-14,16H2,1-2H3,(H2,25,26,29)/t21?,24-/m0/s1. The first-order valence-electron chi connectivity index (χ1n) is 12.3. The van der Waals surface area contributed by atoms with Crippen molar-refractivity contribution in [3.63, 3.8) is 0 Å². The molecule has 2 N–H and O–H groups in total. The summed E-state index contributed by atoms with van der Waals surface area (Å²) in [6.07, 6.45) is 9.22. The second-order valence-electron chi connectivity index (χ2n) is 10.1. The number of anilines is 1. The Morgan fingerprint density at radius 1 is 1.06 bits per heavy atom. The lowest BCUT2D eigenvalue weighted by molar-refractivity contribution is -0.00881. The van der Waals surface area contributed by atoms with Crippen LogP contribution in [0.1, 0.15) is 61.3 Å². The number of amides is 2. The third-order valence-electron chi connectivity index (χ3n) is 8.49. The molecule has 0 saturated carbocycles. The van der Waals surface area contributed by atoms with E-state index in [4.69, 9.17) is 0 Å². The molecule has 32 heavy (non-hydrogen) atoms. The number of nitrogens with zero attached hydrogens (tertiary/aromatic N) is 2. The molecule has 2 fully saturated rings. The zero-order valence-electron chi connectivity index (χ0n) is 19.4. The molecule has 1 aromatic carbocycles. The van der Waals surface area contributed by atoms with Crippen LogP contribution < -0.4 is 10.0 Å². The smallest absolute Gasteiger partial charge is 0.307 e. The average Bonchev–Trinajstić information content (AvgIpc) is 3.48. The lowest BCUT2D eigenvalue weighted by Crippen LogP contribution is -2.66. The van der Waals surface area contributed by atoms with Crippen LogP contribution in [0.25, 0.3) is 0 Å². The number of sulfonamides is 1. The van der Waals surface area contributed by atoms with E-state index >= 15 is 0 Å². The maximum atomic E-state index is 13.1. The molecule has 8 heteroatoms. The van der Waals surface area contributed by atoms with Crippen molar-refractivity contribution in [2.45, 2.75) is 76.3 Å². The number of carbonyl (C=O) groups is 1. The van der Waals surface area contributed by atoms with Crippen LogP contribution in [0.3, 0.4) is 0 Å². The van der Waals surface area contributed by atoms with Gasteiger partial charge in [0.15, 0.2) is 0 Å². The molecular formula is C24H36N4O3S. The van der Waals surface area contributed by atoms with E-state index < -0.39 is 16.1 Å². The van der Waals surface area contributed by atoms with Gasteiger partial charge in [0.1, 0.15) is 0 Å². The van der Waals surface area contributed by atoms with E-state index in [9.17, 15) is 13.2 Å². The van der Waals surface area contributed by atoms with Gasteiger partial charge in [-0.15, -0.1) is 0 Å². The molecule has 2 atom stereocenters. The van der Waals surface area contributed by atoms with Gasteiger partial charge in [0.05, 0.1) is 5.75 Å². The minimum atomic E-state index is -3.78. The van der Waals surface area contributed by atoms with Gasteiger partial charge in [0, 0.05) is 30.4 Å². The summed E-state index contributed by atoms with van der Waals surface area (Å²) in [7, 11) is -1.76. The van der Waals surface area contributed by atoms with Crippen molar-refractivity contribution in [3.8, 4) is 0 Å². The van der Waals surface area contributed by atoms with E-state index in [1.165, 1.54) is 22.3 Å². The molecule has 2 aliphatic heterocycles. The molecule has 2 aliphatic carbocycles. The highest BCUT2D eigenvalue weighted by Gasteiger charge is 2.51. The minimum absolute atomic E-state index is 0.0493. The van der Waals surface area contributed by atoms with Gasteiger partial charge in [-0.05, 0) is 93.6 Å². The second-order valence-corrected chi connectivity index (χ2v) is 11.9. The molecule has 7 nitrogen and oxygen atoms in total. The van der Waals surface area contributed by atoms with Crippen molar-refractivity contribution in [1.29, 1.82) is 0 Å². The fraction of sp³-hybridized carbons (Fsp3) is 0.708. The summed E-state index contributed by atoms with van der Waals surface area (Å²) in [5, 5.41) is 2.96. The summed E-state index contributed by atoms with van der Waals surface area (Å²) >= 11 is 0. The zero-order valence-corrected chi connectivity index (χ0v) is 20.2. The molecule has 4 aliphatic rings. The predicted molar refractivity (Wildman–Crippen MR) is 127 cm³/mol. The first kappa shape index (κ1) is 22.2.